The maximum atomic E-state index is 4.97. The summed E-state index contributed by atoms with van der Waals surface area (Å²) in [6.45, 7) is 7.53. The molecule has 0 radical (unpaired) electrons. The fourth-order valence-corrected chi connectivity index (χ4v) is 0.908. The van der Waals surface area contributed by atoms with Gasteiger partial charge in [-0.1, -0.05) is 13.8 Å². The monoisotopic (exact) mass is 167 g/mol. The second-order valence-electron chi connectivity index (χ2n) is 3.55. The zero-order valence-electron chi connectivity index (χ0n) is 8.00. The predicted molar refractivity (Wildman–Crippen MR) is 49.8 cm³/mol. The van der Waals surface area contributed by atoms with Gasteiger partial charge in [0.2, 0.25) is 0 Å². The van der Waals surface area contributed by atoms with Crippen LogP contribution in [0.3, 0.4) is 0 Å². The zero-order chi connectivity index (χ0) is 8.97. The fraction of sp³-hybridized carbons (Fsp3) is 0.600. The lowest BCUT2D eigenvalue weighted by Crippen LogP contribution is -2.29. The molecular formula is C10H17NO. The maximum Gasteiger partial charge on any atom is 0.0947 e. The number of nitrogens with one attached hydrogen (secondary N) is 1. The molecule has 1 rings (SSSR count). The highest BCUT2D eigenvalue weighted by Gasteiger charge is 2.05. The normalized spacial score (nSPS) is 13.7. The van der Waals surface area contributed by atoms with Crippen molar-refractivity contribution in [3.8, 4) is 0 Å². The average molecular weight is 167 g/mol. The Morgan fingerprint density at radius 3 is 2.67 bits per heavy atom. The molecule has 0 saturated carbocycles. The molecule has 1 heterocycles. The molecule has 68 valence electrons. The van der Waals surface area contributed by atoms with E-state index in [2.05, 4.69) is 26.1 Å². The highest BCUT2D eigenvalue weighted by Crippen LogP contribution is 2.03. The largest absolute Gasteiger partial charge is 0.472 e. The van der Waals surface area contributed by atoms with Crippen LogP contribution < -0.4 is 5.32 Å². The molecule has 12 heavy (non-hydrogen) atoms. The standard InChI is InChI=1S/C10H17NO/c1-8(2)9(3)11-6-10-4-5-12-7-10/h4-5,7-9,11H,6H2,1-3H3. The molecule has 2 heteroatoms. The topological polar surface area (TPSA) is 25.2 Å². The summed E-state index contributed by atoms with van der Waals surface area (Å²) in [6, 6.07) is 2.54. The van der Waals surface area contributed by atoms with Gasteiger partial charge in [-0.3, -0.25) is 0 Å². The summed E-state index contributed by atoms with van der Waals surface area (Å²) < 4.78 is 4.97. The van der Waals surface area contributed by atoms with Crippen LogP contribution in [-0.2, 0) is 6.54 Å². The van der Waals surface area contributed by atoms with Gasteiger partial charge >= 0.3 is 0 Å². The summed E-state index contributed by atoms with van der Waals surface area (Å²) in [7, 11) is 0. The second kappa shape index (κ2) is 4.31. The number of hydrogen-bond acceptors (Lipinski definition) is 2. The Balaban J connectivity index is 2.27. The van der Waals surface area contributed by atoms with E-state index in [0.29, 0.717) is 12.0 Å². The van der Waals surface area contributed by atoms with Crippen molar-refractivity contribution in [2.24, 2.45) is 5.92 Å². The van der Waals surface area contributed by atoms with Crippen LogP contribution >= 0.6 is 0 Å². The molecule has 1 aromatic heterocycles. The molecule has 2 nitrogen and oxygen atoms in total. The molecule has 0 amide bonds. The lowest BCUT2D eigenvalue weighted by molar-refractivity contribution is 0.425. The van der Waals surface area contributed by atoms with Gasteiger partial charge in [0.15, 0.2) is 0 Å². The Morgan fingerprint density at radius 1 is 1.42 bits per heavy atom. The van der Waals surface area contributed by atoms with Crippen LogP contribution in [0.15, 0.2) is 23.0 Å². The van der Waals surface area contributed by atoms with Crippen molar-refractivity contribution >= 4 is 0 Å². The minimum absolute atomic E-state index is 0.555. The molecule has 1 N–H and O–H groups in total. The minimum atomic E-state index is 0.555. The Hall–Kier alpha value is -0.760. The molecule has 0 aromatic carbocycles. The highest BCUT2D eigenvalue weighted by atomic mass is 16.3. The van der Waals surface area contributed by atoms with Gasteiger partial charge < -0.3 is 9.73 Å². The van der Waals surface area contributed by atoms with E-state index >= 15 is 0 Å². The first-order valence-electron chi connectivity index (χ1n) is 4.44. The van der Waals surface area contributed by atoms with E-state index in [1.54, 1.807) is 12.5 Å². The molecule has 0 fully saturated rings. The smallest absolute Gasteiger partial charge is 0.0947 e. The van der Waals surface area contributed by atoms with E-state index in [0.717, 1.165) is 6.54 Å². The summed E-state index contributed by atoms with van der Waals surface area (Å²) in [4.78, 5) is 0. The third kappa shape index (κ3) is 2.70. The Morgan fingerprint density at radius 2 is 2.17 bits per heavy atom. The third-order valence-corrected chi connectivity index (χ3v) is 2.21. The van der Waals surface area contributed by atoms with Crippen LogP contribution in [0.5, 0.6) is 0 Å². The van der Waals surface area contributed by atoms with E-state index in [-0.39, 0.29) is 0 Å². The van der Waals surface area contributed by atoms with Crippen LogP contribution in [-0.4, -0.2) is 6.04 Å². The van der Waals surface area contributed by atoms with Crippen molar-refractivity contribution in [2.45, 2.75) is 33.4 Å². The molecule has 0 saturated heterocycles. The van der Waals surface area contributed by atoms with Crippen LogP contribution in [0.2, 0.25) is 0 Å². The molecule has 0 aliphatic carbocycles. The van der Waals surface area contributed by atoms with Crippen LogP contribution in [0.4, 0.5) is 0 Å². The van der Waals surface area contributed by atoms with E-state index in [9.17, 15) is 0 Å². The van der Waals surface area contributed by atoms with Gasteiger partial charge in [-0.15, -0.1) is 0 Å². The van der Waals surface area contributed by atoms with Gasteiger partial charge in [-0.05, 0) is 18.9 Å². The Labute approximate surface area is 74.0 Å². The summed E-state index contributed by atoms with van der Waals surface area (Å²) >= 11 is 0. The van der Waals surface area contributed by atoms with E-state index < -0.39 is 0 Å². The molecular weight excluding hydrogens is 150 g/mol. The molecule has 0 aliphatic heterocycles. The van der Waals surface area contributed by atoms with Crippen LogP contribution in [0, 0.1) is 5.92 Å². The molecule has 1 aromatic rings. The molecule has 0 bridgehead atoms. The van der Waals surface area contributed by atoms with Gasteiger partial charge in [-0.25, -0.2) is 0 Å². The summed E-state index contributed by atoms with van der Waals surface area (Å²) in [5.41, 5.74) is 1.21. The number of rotatable bonds is 4. The van der Waals surface area contributed by atoms with E-state index in [1.165, 1.54) is 5.56 Å². The number of hydrogen-bond donors (Lipinski definition) is 1. The van der Waals surface area contributed by atoms with Gasteiger partial charge in [0.05, 0.1) is 12.5 Å². The molecule has 1 atom stereocenters. The molecule has 1 unspecified atom stereocenters. The third-order valence-electron chi connectivity index (χ3n) is 2.21. The molecule has 0 spiro atoms. The van der Waals surface area contributed by atoms with Crippen molar-refractivity contribution in [3.63, 3.8) is 0 Å². The zero-order valence-corrected chi connectivity index (χ0v) is 8.00. The van der Waals surface area contributed by atoms with Gasteiger partial charge in [0.25, 0.3) is 0 Å². The number of furan rings is 1. The summed E-state index contributed by atoms with van der Waals surface area (Å²) in [6.07, 6.45) is 3.48. The summed E-state index contributed by atoms with van der Waals surface area (Å²) in [5, 5.41) is 3.42. The minimum Gasteiger partial charge on any atom is -0.472 e. The van der Waals surface area contributed by atoms with Crippen LogP contribution in [0.1, 0.15) is 26.3 Å². The SMILES string of the molecule is CC(C)C(C)NCc1ccoc1. The fourth-order valence-electron chi connectivity index (χ4n) is 0.908. The van der Waals surface area contributed by atoms with Crippen molar-refractivity contribution in [3.05, 3.63) is 24.2 Å². The Bertz CT molecular complexity index is 204. The van der Waals surface area contributed by atoms with Crippen molar-refractivity contribution in [1.82, 2.24) is 5.32 Å². The van der Waals surface area contributed by atoms with Crippen LogP contribution in [0.25, 0.3) is 0 Å². The van der Waals surface area contributed by atoms with Gasteiger partial charge in [0, 0.05) is 18.2 Å². The predicted octanol–water partition coefficient (Wildman–Crippen LogP) is 2.41. The Kier molecular flexibility index (Phi) is 3.35. The van der Waals surface area contributed by atoms with Gasteiger partial charge in [0.1, 0.15) is 0 Å². The lowest BCUT2D eigenvalue weighted by atomic mass is 10.1. The first kappa shape index (κ1) is 9.33. The van der Waals surface area contributed by atoms with Crippen molar-refractivity contribution < 1.29 is 4.42 Å². The highest BCUT2D eigenvalue weighted by molar-refractivity contribution is 5.04. The van der Waals surface area contributed by atoms with E-state index in [4.69, 9.17) is 4.42 Å². The second-order valence-corrected chi connectivity index (χ2v) is 3.55. The maximum absolute atomic E-state index is 4.97. The summed E-state index contributed by atoms with van der Waals surface area (Å²) in [5.74, 6) is 0.678. The quantitative estimate of drug-likeness (QED) is 0.745. The first-order chi connectivity index (χ1) is 5.70. The van der Waals surface area contributed by atoms with E-state index in [1.807, 2.05) is 6.07 Å². The van der Waals surface area contributed by atoms with Gasteiger partial charge in [-0.2, -0.15) is 0 Å². The molecule has 0 aliphatic rings. The van der Waals surface area contributed by atoms with Crippen molar-refractivity contribution in [1.29, 1.82) is 0 Å². The average Bonchev–Trinajstić information content (AvgIpc) is 2.51. The van der Waals surface area contributed by atoms with Crippen molar-refractivity contribution in [2.75, 3.05) is 0 Å². The lowest BCUT2D eigenvalue weighted by Gasteiger charge is -2.16. The first-order valence-corrected chi connectivity index (χ1v) is 4.44.